The zero-order chi connectivity index (χ0) is 27.9. The van der Waals surface area contributed by atoms with Crippen LogP contribution < -0.4 is 9.62 Å². The Morgan fingerprint density at radius 2 is 1.53 bits per heavy atom. The first kappa shape index (κ1) is 29.3. The van der Waals surface area contributed by atoms with Gasteiger partial charge < -0.3 is 10.2 Å². The first-order valence-electron chi connectivity index (χ1n) is 12.1. The molecule has 0 aliphatic heterocycles. The third-order valence-corrected chi connectivity index (χ3v) is 7.43. The fourth-order valence-electron chi connectivity index (χ4n) is 3.94. The molecule has 3 rings (SSSR count). The number of halogens is 2. The van der Waals surface area contributed by atoms with Crippen LogP contribution in [0, 0.1) is 5.82 Å². The fraction of sp³-hybridized carbons (Fsp3) is 0.286. The molecule has 0 radical (unpaired) electrons. The van der Waals surface area contributed by atoms with Gasteiger partial charge in [-0.2, -0.15) is 0 Å². The number of carbonyl (C=O) groups is 2. The summed E-state index contributed by atoms with van der Waals surface area (Å²) >= 11 is 3.40. The van der Waals surface area contributed by atoms with Gasteiger partial charge in [0.2, 0.25) is 21.8 Å². The van der Waals surface area contributed by atoms with Gasteiger partial charge in [-0.25, -0.2) is 12.8 Å². The third kappa shape index (κ3) is 8.39. The Morgan fingerprint density at radius 1 is 0.921 bits per heavy atom. The van der Waals surface area contributed by atoms with E-state index in [2.05, 4.69) is 21.2 Å². The third-order valence-electron chi connectivity index (χ3n) is 5.76. The van der Waals surface area contributed by atoms with Crippen molar-refractivity contribution in [2.75, 3.05) is 17.1 Å². The number of anilines is 1. The molecule has 0 spiro atoms. The van der Waals surface area contributed by atoms with E-state index in [1.165, 1.54) is 17.0 Å². The highest BCUT2D eigenvalue weighted by molar-refractivity contribution is 9.10. The smallest absolute Gasteiger partial charge is 0.244 e. The highest BCUT2D eigenvalue weighted by Gasteiger charge is 2.33. The molecule has 10 heteroatoms. The summed E-state index contributed by atoms with van der Waals surface area (Å²) in [5.74, 6) is -1.44. The lowest BCUT2D eigenvalue weighted by atomic mass is 10.0. The zero-order valence-electron chi connectivity index (χ0n) is 21.5. The van der Waals surface area contributed by atoms with Crippen molar-refractivity contribution in [1.29, 1.82) is 0 Å². The van der Waals surface area contributed by atoms with Gasteiger partial charge in [0, 0.05) is 23.5 Å². The standard InChI is InChI=1S/C28H31BrFN3O4S/c1-20(2)31-28(35)26(17-21-7-5-4-6-8-21)32(18-22-9-11-23(29)12-10-22)27(34)19-33(38(3,36)37)25-15-13-24(30)14-16-25/h4-16,20,26H,17-19H2,1-3H3,(H,31,35). The Labute approximate surface area is 231 Å². The van der Waals surface area contributed by atoms with Crippen molar-refractivity contribution < 1.29 is 22.4 Å². The summed E-state index contributed by atoms with van der Waals surface area (Å²) < 4.78 is 40.7. The Hall–Kier alpha value is -3.24. The van der Waals surface area contributed by atoms with Crippen LogP contribution in [0.2, 0.25) is 0 Å². The van der Waals surface area contributed by atoms with Crippen molar-refractivity contribution in [3.63, 3.8) is 0 Å². The molecule has 1 N–H and O–H groups in total. The van der Waals surface area contributed by atoms with Gasteiger partial charge in [0.25, 0.3) is 0 Å². The van der Waals surface area contributed by atoms with Crippen molar-refractivity contribution in [3.8, 4) is 0 Å². The molecule has 1 atom stereocenters. The van der Waals surface area contributed by atoms with E-state index in [9.17, 15) is 22.4 Å². The minimum atomic E-state index is -3.91. The molecule has 202 valence electrons. The van der Waals surface area contributed by atoms with Crippen LogP contribution in [0.4, 0.5) is 10.1 Å². The summed E-state index contributed by atoms with van der Waals surface area (Å²) in [4.78, 5) is 28.8. The number of carbonyl (C=O) groups excluding carboxylic acids is 2. The lowest BCUT2D eigenvalue weighted by Crippen LogP contribution is -2.54. The normalized spacial score (nSPS) is 12.2. The van der Waals surface area contributed by atoms with Crippen LogP contribution in [0.1, 0.15) is 25.0 Å². The van der Waals surface area contributed by atoms with Crippen LogP contribution in [-0.4, -0.2) is 50.0 Å². The predicted molar refractivity (Wildman–Crippen MR) is 150 cm³/mol. The Balaban J connectivity index is 2.04. The largest absolute Gasteiger partial charge is 0.352 e. The van der Waals surface area contributed by atoms with Crippen LogP contribution >= 0.6 is 15.9 Å². The molecule has 2 amide bonds. The summed E-state index contributed by atoms with van der Waals surface area (Å²) in [5.41, 5.74) is 1.77. The lowest BCUT2D eigenvalue weighted by molar-refractivity contribution is -0.140. The van der Waals surface area contributed by atoms with E-state index in [0.717, 1.165) is 38.3 Å². The summed E-state index contributed by atoms with van der Waals surface area (Å²) in [6.45, 7) is 3.19. The minimum Gasteiger partial charge on any atom is -0.352 e. The number of benzene rings is 3. The van der Waals surface area contributed by atoms with Gasteiger partial charge in [-0.15, -0.1) is 0 Å². The molecule has 7 nitrogen and oxygen atoms in total. The Kier molecular flexibility index (Phi) is 10.0. The lowest BCUT2D eigenvalue weighted by Gasteiger charge is -2.34. The van der Waals surface area contributed by atoms with E-state index in [4.69, 9.17) is 0 Å². The molecular weight excluding hydrogens is 573 g/mol. The molecule has 0 aromatic heterocycles. The van der Waals surface area contributed by atoms with Crippen LogP contribution in [0.25, 0.3) is 0 Å². The number of amides is 2. The van der Waals surface area contributed by atoms with E-state index in [0.29, 0.717) is 0 Å². The quantitative estimate of drug-likeness (QED) is 0.349. The Morgan fingerprint density at radius 3 is 2.08 bits per heavy atom. The maximum absolute atomic E-state index is 13.9. The zero-order valence-corrected chi connectivity index (χ0v) is 23.9. The predicted octanol–water partition coefficient (Wildman–Crippen LogP) is 4.52. The van der Waals surface area contributed by atoms with Crippen molar-refractivity contribution in [1.82, 2.24) is 10.2 Å². The number of hydrogen-bond donors (Lipinski definition) is 1. The maximum atomic E-state index is 13.9. The average Bonchev–Trinajstić information content (AvgIpc) is 2.86. The second-order valence-electron chi connectivity index (χ2n) is 9.26. The first-order valence-corrected chi connectivity index (χ1v) is 14.7. The summed E-state index contributed by atoms with van der Waals surface area (Å²) in [6.07, 6.45) is 1.21. The second-order valence-corrected chi connectivity index (χ2v) is 12.1. The van der Waals surface area contributed by atoms with E-state index in [1.54, 1.807) is 0 Å². The fourth-order valence-corrected chi connectivity index (χ4v) is 5.06. The molecular formula is C28H31BrFN3O4S. The van der Waals surface area contributed by atoms with Crippen molar-refractivity contribution in [2.45, 2.75) is 38.9 Å². The number of rotatable bonds is 11. The molecule has 38 heavy (non-hydrogen) atoms. The topological polar surface area (TPSA) is 86.8 Å². The van der Waals surface area contributed by atoms with Gasteiger partial charge in [-0.1, -0.05) is 58.4 Å². The number of nitrogens with zero attached hydrogens (tertiary/aromatic N) is 2. The molecule has 0 saturated heterocycles. The van der Waals surface area contributed by atoms with Gasteiger partial charge in [0.15, 0.2) is 0 Å². The number of nitrogens with one attached hydrogen (secondary N) is 1. The van der Waals surface area contributed by atoms with Crippen molar-refractivity contribution in [3.05, 3.63) is 100 Å². The SMILES string of the molecule is CC(C)NC(=O)C(Cc1ccccc1)N(Cc1ccc(Br)cc1)C(=O)CN(c1ccc(F)cc1)S(C)(=O)=O. The van der Waals surface area contributed by atoms with Crippen molar-refractivity contribution >= 4 is 43.5 Å². The molecule has 0 bridgehead atoms. The van der Waals surface area contributed by atoms with E-state index >= 15 is 0 Å². The van der Waals surface area contributed by atoms with Crippen LogP contribution in [-0.2, 0) is 32.6 Å². The minimum absolute atomic E-state index is 0.0795. The molecule has 0 aliphatic rings. The summed E-state index contributed by atoms with van der Waals surface area (Å²) in [6, 6.07) is 20.4. The molecule has 0 aliphatic carbocycles. The van der Waals surface area contributed by atoms with Gasteiger partial charge in [-0.05, 0) is 61.4 Å². The summed E-state index contributed by atoms with van der Waals surface area (Å²) in [5, 5.41) is 2.90. The monoisotopic (exact) mass is 603 g/mol. The van der Waals surface area contributed by atoms with Gasteiger partial charge in [0.1, 0.15) is 18.4 Å². The molecule has 1 unspecified atom stereocenters. The number of sulfonamides is 1. The Bertz CT molecular complexity index is 1330. The van der Waals surface area contributed by atoms with Crippen molar-refractivity contribution in [2.24, 2.45) is 0 Å². The highest BCUT2D eigenvalue weighted by Crippen LogP contribution is 2.21. The molecule has 0 heterocycles. The van der Waals surface area contributed by atoms with Gasteiger partial charge in [-0.3, -0.25) is 13.9 Å². The van der Waals surface area contributed by atoms with E-state index < -0.39 is 34.3 Å². The van der Waals surface area contributed by atoms with E-state index in [1.807, 2.05) is 68.4 Å². The molecule has 0 fully saturated rings. The average molecular weight is 605 g/mol. The summed E-state index contributed by atoms with van der Waals surface area (Å²) in [7, 11) is -3.91. The van der Waals surface area contributed by atoms with Gasteiger partial charge >= 0.3 is 0 Å². The molecule has 3 aromatic rings. The number of hydrogen-bond acceptors (Lipinski definition) is 4. The molecule has 3 aromatic carbocycles. The first-order chi connectivity index (χ1) is 17.9. The van der Waals surface area contributed by atoms with Crippen LogP contribution in [0.3, 0.4) is 0 Å². The van der Waals surface area contributed by atoms with Crippen LogP contribution in [0.15, 0.2) is 83.3 Å². The second kappa shape index (κ2) is 13.0. The van der Waals surface area contributed by atoms with E-state index in [-0.39, 0.29) is 30.6 Å². The maximum Gasteiger partial charge on any atom is 0.244 e. The highest BCUT2D eigenvalue weighted by atomic mass is 79.9. The van der Waals surface area contributed by atoms with Crippen LogP contribution in [0.5, 0.6) is 0 Å². The van der Waals surface area contributed by atoms with Gasteiger partial charge in [0.05, 0.1) is 11.9 Å². The molecule has 0 saturated carbocycles.